The molecular formula is C15H24N2O. The lowest BCUT2D eigenvalue weighted by atomic mass is 10.0. The van der Waals surface area contributed by atoms with Crippen LogP contribution in [0.4, 0.5) is 0 Å². The molecule has 3 atom stereocenters. The summed E-state index contributed by atoms with van der Waals surface area (Å²) in [4.78, 5) is 2.34. The van der Waals surface area contributed by atoms with Crippen molar-refractivity contribution >= 4 is 0 Å². The molecule has 0 aliphatic carbocycles. The summed E-state index contributed by atoms with van der Waals surface area (Å²) in [6.07, 6.45) is 2.78. The Morgan fingerprint density at radius 3 is 2.72 bits per heavy atom. The molecule has 1 fully saturated rings. The normalized spacial score (nSPS) is 24.1. The third-order valence-electron chi connectivity index (χ3n) is 3.92. The number of aliphatic hydroxyl groups is 1. The van der Waals surface area contributed by atoms with E-state index >= 15 is 0 Å². The predicted molar refractivity (Wildman–Crippen MR) is 74.4 cm³/mol. The first-order valence-corrected chi connectivity index (χ1v) is 6.88. The molecule has 100 valence electrons. The van der Waals surface area contributed by atoms with Crippen LogP contribution in [0.15, 0.2) is 30.3 Å². The van der Waals surface area contributed by atoms with E-state index in [0.717, 1.165) is 13.0 Å². The number of hydrogen-bond donors (Lipinski definition) is 2. The Labute approximate surface area is 110 Å². The fourth-order valence-corrected chi connectivity index (χ4v) is 2.66. The van der Waals surface area contributed by atoms with Gasteiger partial charge >= 0.3 is 0 Å². The number of benzene rings is 1. The Balaban J connectivity index is 1.83. The van der Waals surface area contributed by atoms with Crippen molar-refractivity contribution in [1.29, 1.82) is 0 Å². The van der Waals surface area contributed by atoms with E-state index in [-0.39, 0.29) is 6.04 Å². The highest BCUT2D eigenvalue weighted by Crippen LogP contribution is 2.17. The second-order valence-electron chi connectivity index (χ2n) is 5.41. The topological polar surface area (TPSA) is 49.5 Å². The maximum atomic E-state index is 10.2. The average Bonchev–Trinajstić information content (AvgIpc) is 2.76. The number of likely N-dealkylation sites (tertiary alicyclic amines) is 1. The fraction of sp³-hybridized carbons (Fsp3) is 0.600. The average molecular weight is 248 g/mol. The van der Waals surface area contributed by atoms with E-state index in [9.17, 15) is 5.11 Å². The van der Waals surface area contributed by atoms with Gasteiger partial charge in [0.05, 0.1) is 6.10 Å². The van der Waals surface area contributed by atoms with Gasteiger partial charge in [-0.1, -0.05) is 30.3 Å². The van der Waals surface area contributed by atoms with Gasteiger partial charge in [0.15, 0.2) is 0 Å². The third-order valence-corrected chi connectivity index (χ3v) is 3.92. The van der Waals surface area contributed by atoms with Crippen molar-refractivity contribution < 1.29 is 5.11 Å². The van der Waals surface area contributed by atoms with Crippen LogP contribution in [-0.4, -0.2) is 41.3 Å². The van der Waals surface area contributed by atoms with E-state index in [1.54, 1.807) is 0 Å². The van der Waals surface area contributed by atoms with Gasteiger partial charge in [-0.25, -0.2) is 0 Å². The summed E-state index contributed by atoms with van der Waals surface area (Å²) < 4.78 is 0. The van der Waals surface area contributed by atoms with Crippen molar-refractivity contribution in [2.24, 2.45) is 5.73 Å². The highest BCUT2D eigenvalue weighted by molar-refractivity contribution is 5.16. The SMILES string of the molecule is CC1CCCN1CC(O)C(N)Cc1ccccc1. The molecule has 0 amide bonds. The first-order valence-electron chi connectivity index (χ1n) is 6.88. The summed E-state index contributed by atoms with van der Waals surface area (Å²) >= 11 is 0. The van der Waals surface area contributed by atoms with Crippen LogP contribution in [0.1, 0.15) is 25.3 Å². The molecule has 1 saturated heterocycles. The first kappa shape index (κ1) is 13.5. The summed E-state index contributed by atoms with van der Waals surface area (Å²) in [6, 6.07) is 10.5. The number of nitrogens with two attached hydrogens (primary N) is 1. The number of aliphatic hydroxyl groups excluding tert-OH is 1. The molecule has 3 heteroatoms. The highest BCUT2D eigenvalue weighted by Gasteiger charge is 2.25. The molecule has 0 saturated carbocycles. The van der Waals surface area contributed by atoms with Crippen molar-refractivity contribution in [1.82, 2.24) is 4.90 Å². The zero-order valence-electron chi connectivity index (χ0n) is 11.1. The van der Waals surface area contributed by atoms with Gasteiger partial charge in [0.2, 0.25) is 0 Å². The van der Waals surface area contributed by atoms with Gasteiger partial charge in [-0.3, -0.25) is 4.90 Å². The lowest BCUT2D eigenvalue weighted by molar-refractivity contribution is 0.0882. The van der Waals surface area contributed by atoms with Crippen LogP contribution >= 0.6 is 0 Å². The Kier molecular flexibility index (Phi) is 4.75. The van der Waals surface area contributed by atoms with Crippen LogP contribution < -0.4 is 5.73 Å². The van der Waals surface area contributed by atoms with Crippen molar-refractivity contribution in [2.45, 2.75) is 44.4 Å². The Bertz CT molecular complexity index is 355. The van der Waals surface area contributed by atoms with E-state index in [1.165, 1.54) is 18.4 Å². The van der Waals surface area contributed by atoms with E-state index in [4.69, 9.17) is 5.73 Å². The second-order valence-corrected chi connectivity index (χ2v) is 5.41. The van der Waals surface area contributed by atoms with Gasteiger partial charge in [-0.2, -0.15) is 0 Å². The van der Waals surface area contributed by atoms with E-state index in [0.29, 0.717) is 12.6 Å². The molecule has 1 aromatic carbocycles. The summed E-state index contributed by atoms with van der Waals surface area (Å²) in [6.45, 7) is 4.02. The summed E-state index contributed by atoms with van der Waals surface area (Å²) in [5.41, 5.74) is 7.29. The molecule has 3 nitrogen and oxygen atoms in total. The van der Waals surface area contributed by atoms with Crippen LogP contribution in [0.2, 0.25) is 0 Å². The largest absolute Gasteiger partial charge is 0.390 e. The smallest absolute Gasteiger partial charge is 0.0821 e. The molecule has 2 rings (SSSR count). The monoisotopic (exact) mass is 248 g/mol. The molecule has 0 spiro atoms. The maximum Gasteiger partial charge on any atom is 0.0821 e. The maximum absolute atomic E-state index is 10.2. The molecule has 1 aliphatic heterocycles. The molecule has 18 heavy (non-hydrogen) atoms. The molecular weight excluding hydrogens is 224 g/mol. The highest BCUT2D eigenvalue weighted by atomic mass is 16.3. The van der Waals surface area contributed by atoms with Crippen LogP contribution in [0, 0.1) is 0 Å². The van der Waals surface area contributed by atoms with Crippen molar-refractivity contribution in [3.63, 3.8) is 0 Å². The molecule has 1 heterocycles. The molecule has 0 bridgehead atoms. The Hall–Kier alpha value is -0.900. The molecule has 3 N–H and O–H groups in total. The fourth-order valence-electron chi connectivity index (χ4n) is 2.66. The van der Waals surface area contributed by atoms with Crippen molar-refractivity contribution in [3.8, 4) is 0 Å². The molecule has 1 aromatic rings. The zero-order valence-corrected chi connectivity index (χ0v) is 11.1. The number of hydrogen-bond acceptors (Lipinski definition) is 3. The summed E-state index contributed by atoms with van der Waals surface area (Å²) in [5.74, 6) is 0. The van der Waals surface area contributed by atoms with E-state index in [2.05, 4.69) is 24.0 Å². The minimum atomic E-state index is -0.439. The second kappa shape index (κ2) is 6.32. The van der Waals surface area contributed by atoms with E-state index in [1.807, 2.05) is 18.2 Å². The predicted octanol–water partition coefficient (Wildman–Crippen LogP) is 1.40. The molecule has 3 unspecified atom stereocenters. The Morgan fingerprint density at radius 1 is 1.39 bits per heavy atom. The van der Waals surface area contributed by atoms with Gasteiger partial charge in [-0.15, -0.1) is 0 Å². The van der Waals surface area contributed by atoms with Gasteiger partial charge in [0, 0.05) is 18.6 Å². The minimum Gasteiger partial charge on any atom is -0.390 e. The van der Waals surface area contributed by atoms with Crippen molar-refractivity contribution in [3.05, 3.63) is 35.9 Å². The van der Waals surface area contributed by atoms with Gasteiger partial charge in [0.25, 0.3) is 0 Å². The Morgan fingerprint density at radius 2 is 2.11 bits per heavy atom. The summed E-state index contributed by atoms with van der Waals surface area (Å²) in [5, 5.41) is 10.2. The van der Waals surface area contributed by atoms with Gasteiger partial charge in [-0.05, 0) is 38.3 Å². The lowest BCUT2D eigenvalue weighted by Gasteiger charge is -2.27. The quantitative estimate of drug-likeness (QED) is 0.828. The van der Waals surface area contributed by atoms with Crippen LogP contribution in [0.3, 0.4) is 0 Å². The van der Waals surface area contributed by atoms with Crippen molar-refractivity contribution in [2.75, 3.05) is 13.1 Å². The summed E-state index contributed by atoms with van der Waals surface area (Å²) in [7, 11) is 0. The number of nitrogens with zero attached hydrogens (tertiary/aromatic N) is 1. The van der Waals surface area contributed by atoms with Gasteiger partial charge < -0.3 is 10.8 Å². The van der Waals surface area contributed by atoms with Crippen LogP contribution in [0.5, 0.6) is 0 Å². The van der Waals surface area contributed by atoms with E-state index < -0.39 is 6.10 Å². The molecule has 0 radical (unpaired) electrons. The van der Waals surface area contributed by atoms with Crippen LogP contribution in [0.25, 0.3) is 0 Å². The molecule has 0 aromatic heterocycles. The lowest BCUT2D eigenvalue weighted by Crippen LogP contribution is -2.45. The standard InChI is InChI=1S/C15H24N2O/c1-12-6-5-9-17(12)11-15(18)14(16)10-13-7-3-2-4-8-13/h2-4,7-8,12,14-15,18H,5-6,9-11,16H2,1H3. The van der Waals surface area contributed by atoms with Crippen LogP contribution in [-0.2, 0) is 6.42 Å². The number of β-amino-alcohol motifs (C(OH)–C–C–N with tert-alkyl or cyclic N) is 1. The third kappa shape index (κ3) is 3.55. The number of rotatable bonds is 5. The minimum absolute atomic E-state index is 0.180. The first-order chi connectivity index (χ1) is 8.66. The molecule has 1 aliphatic rings. The van der Waals surface area contributed by atoms with Gasteiger partial charge in [0.1, 0.15) is 0 Å². The zero-order chi connectivity index (χ0) is 13.0.